The van der Waals surface area contributed by atoms with Crippen molar-refractivity contribution in [3.63, 3.8) is 0 Å². The highest BCUT2D eigenvalue weighted by Gasteiger charge is 2.20. The third kappa shape index (κ3) is 3.57. The Bertz CT molecular complexity index is 101. The molecule has 0 N–H and O–H groups in total. The highest BCUT2D eigenvalue weighted by Crippen LogP contribution is 2.21. The van der Waals surface area contributed by atoms with Crippen LogP contribution in [0.2, 0.25) is 0 Å². The van der Waals surface area contributed by atoms with Crippen molar-refractivity contribution < 1.29 is 0 Å². The van der Waals surface area contributed by atoms with Crippen molar-refractivity contribution in [2.75, 3.05) is 13.6 Å². The molecule has 1 fully saturated rings. The second-order valence-electron chi connectivity index (χ2n) is 3.68. The van der Waals surface area contributed by atoms with Crippen LogP contribution in [0.3, 0.4) is 0 Å². The zero-order valence-electron chi connectivity index (χ0n) is 9.43. The lowest BCUT2D eigenvalue weighted by molar-refractivity contribution is 0.142. The van der Waals surface area contributed by atoms with E-state index in [1.807, 2.05) is 13.8 Å². The van der Waals surface area contributed by atoms with E-state index in [1.54, 1.807) is 0 Å². The molecule has 0 bridgehead atoms. The Labute approximate surface area is 78.1 Å². The van der Waals surface area contributed by atoms with Gasteiger partial charge in [-0.1, -0.05) is 27.7 Å². The van der Waals surface area contributed by atoms with Crippen molar-refractivity contribution in [1.29, 1.82) is 0 Å². The fraction of sp³-hybridized carbons (Fsp3) is 1.00. The summed E-state index contributed by atoms with van der Waals surface area (Å²) in [6, 6.07) is 0.871. The average Bonchev–Trinajstić information content (AvgIpc) is 2.08. The van der Waals surface area contributed by atoms with Crippen LogP contribution in [0, 0.1) is 5.92 Å². The number of piperidine rings is 1. The second kappa shape index (κ2) is 6.47. The van der Waals surface area contributed by atoms with Gasteiger partial charge in [0, 0.05) is 12.6 Å². The molecule has 1 heterocycles. The van der Waals surface area contributed by atoms with Crippen molar-refractivity contribution in [2.24, 2.45) is 5.92 Å². The lowest BCUT2D eigenvalue weighted by Gasteiger charge is -2.35. The summed E-state index contributed by atoms with van der Waals surface area (Å²) in [7, 11) is 2.25. The Morgan fingerprint density at radius 2 is 1.83 bits per heavy atom. The first-order valence-electron chi connectivity index (χ1n) is 5.44. The minimum absolute atomic E-state index is 0.871. The Balaban J connectivity index is 0.000000561. The first-order valence-corrected chi connectivity index (χ1v) is 5.44. The van der Waals surface area contributed by atoms with Gasteiger partial charge in [-0.05, 0) is 32.2 Å². The van der Waals surface area contributed by atoms with E-state index >= 15 is 0 Å². The Kier molecular flexibility index (Phi) is 6.45. The van der Waals surface area contributed by atoms with Crippen LogP contribution < -0.4 is 0 Å². The summed E-state index contributed by atoms with van der Waals surface area (Å²) in [6.45, 7) is 9.94. The third-order valence-electron chi connectivity index (χ3n) is 2.69. The van der Waals surface area contributed by atoms with Crippen molar-refractivity contribution in [3.05, 3.63) is 0 Å². The summed E-state index contributed by atoms with van der Waals surface area (Å²) >= 11 is 0. The molecule has 1 rings (SSSR count). The van der Waals surface area contributed by atoms with Gasteiger partial charge in [0.2, 0.25) is 0 Å². The molecule has 0 radical (unpaired) electrons. The standard InChI is InChI=1S/C9H19N.C2H6/c1-4-9-6-5-8(2)7-10(9)3;1-2/h8-9H,4-7H2,1-3H3;1-2H3. The van der Waals surface area contributed by atoms with E-state index in [9.17, 15) is 0 Å². The van der Waals surface area contributed by atoms with Crippen molar-refractivity contribution in [1.82, 2.24) is 4.90 Å². The van der Waals surface area contributed by atoms with Crippen LogP contribution in [0.15, 0.2) is 0 Å². The maximum Gasteiger partial charge on any atom is 0.00898 e. The fourth-order valence-electron chi connectivity index (χ4n) is 1.95. The minimum Gasteiger partial charge on any atom is -0.303 e. The maximum atomic E-state index is 2.51. The summed E-state index contributed by atoms with van der Waals surface area (Å²) in [4.78, 5) is 2.51. The van der Waals surface area contributed by atoms with Gasteiger partial charge in [0.25, 0.3) is 0 Å². The molecule has 0 saturated carbocycles. The predicted molar refractivity (Wildman–Crippen MR) is 56.5 cm³/mol. The van der Waals surface area contributed by atoms with Crippen LogP contribution in [0.25, 0.3) is 0 Å². The first kappa shape index (κ1) is 12.0. The van der Waals surface area contributed by atoms with Crippen molar-refractivity contribution in [3.8, 4) is 0 Å². The van der Waals surface area contributed by atoms with Crippen LogP contribution in [0.1, 0.15) is 47.0 Å². The smallest absolute Gasteiger partial charge is 0.00898 e. The van der Waals surface area contributed by atoms with E-state index in [0.29, 0.717) is 0 Å². The lowest BCUT2D eigenvalue weighted by Crippen LogP contribution is -2.39. The summed E-state index contributed by atoms with van der Waals surface area (Å²) in [6.07, 6.45) is 4.17. The largest absolute Gasteiger partial charge is 0.303 e. The van der Waals surface area contributed by atoms with E-state index in [1.165, 1.54) is 25.8 Å². The first-order chi connectivity index (χ1) is 5.74. The van der Waals surface area contributed by atoms with Crippen molar-refractivity contribution >= 4 is 0 Å². The highest BCUT2D eigenvalue weighted by molar-refractivity contribution is 4.75. The van der Waals surface area contributed by atoms with Gasteiger partial charge in [0.1, 0.15) is 0 Å². The molecule has 2 atom stereocenters. The quantitative estimate of drug-likeness (QED) is 0.586. The van der Waals surface area contributed by atoms with Crippen LogP contribution >= 0.6 is 0 Å². The summed E-state index contributed by atoms with van der Waals surface area (Å²) < 4.78 is 0. The van der Waals surface area contributed by atoms with E-state index in [-0.39, 0.29) is 0 Å². The molecule has 1 saturated heterocycles. The number of hydrogen-bond acceptors (Lipinski definition) is 1. The van der Waals surface area contributed by atoms with Gasteiger partial charge < -0.3 is 4.90 Å². The maximum absolute atomic E-state index is 2.51. The molecule has 74 valence electrons. The van der Waals surface area contributed by atoms with Crippen LogP contribution in [-0.4, -0.2) is 24.5 Å². The molecule has 0 aromatic heterocycles. The summed E-state index contributed by atoms with van der Waals surface area (Å²) in [5.41, 5.74) is 0. The Morgan fingerprint density at radius 1 is 1.25 bits per heavy atom. The minimum atomic E-state index is 0.871. The SMILES string of the molecule is CC.CCC1CCC(C)CN1C. The lowest BCUT2D eigenvalue weighted by atomic mass is 9.93. The van der Waals surface area contributed by atoms with Gasteiger partial charge in [-0.25, -0.2) is 0 Å². The van der Waals surface area contributed by atoms with E-state index in [0.717, 1.165) is 12.0 Å². The van der Waals surface area contributed by atoms with Gasteiger partial charge in [-0.15, -0.1) is 0 Å². The normalized spacial score (nSPS) is 30.8. The van der Waals surface area contributed by atoms with Gasteiger partial charge in [-0.3, -0.25) is 0 Å². The molecule has 2 unspecified atom stereocenters. The zero-order chi connectivity index (χ0) is 9.56. The summed E-state index contributed by atoms with van der Waals surface area (Å²) in [5, 5.41) is 0. The molecule has 1 aliphatic rings. The molecule has 0 amide bonds. The Morgan fingerprint density at radius 3 is 2.25 bits per heavy atom. The molecule has 1 nitrogen and oxygen atoms in total. The number of likely N-dealkylation sites (tertiary alicyclic amines) is 1. The molecule has 0 aromatic rings. The zero-order valence-corrected chi connectivity index (χ0v) is 9.43. The van der Waals surface area contributed by atoms with E-state index in [2.05, 4.69) is 25.8 Å². The van der Waals surface area contributed by atoms with Gasteiger partial charge in [0.05, 0.1) is 0 Å². The van der Waals surface area contributed by atoms with Gasteiger partial charge in [0.15, 0.2) is 0 Å². The number of nitrogens with zero attached hydrogens (tertiary/aromatic N) is 1. The molecule has 12 heavy (non-hydrogen) atoms. The Hall–Kier alpha value is -0.0400. The average molecular weight is 171 g/mol. The van der Waals surface area contributed by atoms with Crippen molar-refractivity contribution in [2.45, 2.75) is 53.0 Å². The monoisotopic (exact) mass is 171 g/mol. The van der Waals surface area contributed by atoms with Gasteiger partial charge >= 0.3 is 0 Å². The third-order valence-corrected chi connectivity index (χ3v) is 2.69. The van der Waals surface area contributed by atoms with E-state index in [4.69, 9.17) is 0 Å². The van der Waals surface area contributed by atoms with Crippen LogP contribution in [0.4, 0.5) is 0 Å². The molecular formula is C11H25N. The molecule has 1 heteroatoms. The molecule has 0 spiro atoms. The topological polar surface area (TPSA) is 3.24 Å². The highest BCUT2D eigenvalue weighted by atomic mass is 15.1. The fourth-order valence-corrected chi connectivity index (χ4v) is 1.95. The molecule has 0 aliphatic carbocycles. The number of rotatable bonds is 1. The number of hydrogen-bond donors (Lipinski definition) is 0. The van der Waals surface area contributed by atoms with Crippen LogP contribution in [0.5, 0.6) is 0 Å². The summed E-state index contributed by atoms with van der Waals surface area (Å²) in [5.74, 6) is 0.924. The molecular weight excluding hydrogens is 146 g/mol. The van der Waals surface area contributed by atoms with E-state index < -0.39 is 0 Å². The molecule has 1 aliphatic heterocycles. The molecule has 0 aromatic carbocycles. The predicted octanol–water partition coefficient (Wildman–Crippen LogP) is 3.15. The van der Waals surface area contributed by atoms with Gasteiger partial charge in [-0.2, -0.15) is 0 Å². The second-order valence-corrected chi connectivity index (χ2v) is 3.68. The van der Waals surface area contributed by atoms with Crippen LogP contribution in [-0.2, 0) is 0 Å².